The first-order valence-corrected chi connectivity index (χ1v) is 8.88. The number of para-hydroxylation sites is 2. The number of alkyl halides is 3. The number of halogens is 4. The molecule has 0 spiro atoms. The molecule has 3 rings (SSSR count). The molecule has 2 amide bonds. The minimum atomic E-state index is -4.54. The van der Waals surface area contributed by atoms with E-state index in [-0.39, 0.29) is 23.0 Å². The van der Waals surface area contributed by atoms with Crippen molar-refractivity contribution in [3.8, 4) is 11.5 Å². The summed E-state index contributed by atoms with van der Waals surface area (Å²) < 4.78 is 47.6. The predicted molar refractivity (Wildman–Crippen MR) is 101 cm³/mol. The molecule has 0 aliphatic carbocycles. The van der Waals surface area contributed by atoms with E-state index in [0.29, 0.717) is 11.4 Å². The molecule has 1 heterocycles. The number of carbonyl (C=O) groups excluding carboxylic acids is 2. The summed E-state index contributed by atoms with van der Waals surface area (Å²) in [5, 5.41) is 2.65. The number of carbonyl (C=O) groups is 2. The van der Waals surface area contributed by atoms with Crippen LogP contribution in [0.2, 0.25) is 5.02 Å². The van der Waals surface area contributed by atoms with E-state index in [4.69, 9.17) is 21.1 Å². The largest absolute Gasteiger partial charge is 0.482 e. The van der Waals surface area contributed by atoms with Crippen LogP contribution in [0.5, 0.6) is 11.5 Å². The van der Waals surface area contributed by atoms with Crippen molar-refractivity contribution in [1.29, 1.82) is 0 Å². The second kappa shape index (κ2) is 8.20. The quantitative estimate of drug-likeness (QED) is 0.780. The number of hydrogen-bond donors (Lipinski definition) is 1. The highest BCUT2D eigenvalue weighted by molar-refractivity contribution is 6.31. The number of nitrogens with one attached hydrogen (secondary N) is 1. The normalized spacial score (nSPS) is 16.1. The van der Waals surface area contributed by atoms with E-state index in [2.05, 4.69) is 5.32 Å². The minimum absolute atomic E-state index is 0.0335. The standard InChI is InChI=1S/C19H16ClF3N2O4/c1-11-18(27)25(14-4-2-3-5-16(14)29-11)9-17(26)24-13-8-12(20)6-7-15(13)28-10-19(21,22)23/h2-8,11H,9-10H2,1H3,(H,24,26). The topological polar surface area (TPSA) is 67.9 Å². The zero-order chi connectivity index (χ0) is 21.2. The molecule has 1 aliphatic rings. The summed E-state index contributed by atoms with van der Waals surface area (Å²) in [6.45, 7) is -0.331. The lowest BCUT2D eigenvalue weighted by molar-refractivity contribution is -0.153. The zero-order valence-electron chi connectivity index (χ0n) is 15.1. The highest BCUT2D eigenvalue weighted by Gasteiger charge is 2.33. The van der Waals surface area contributed by atoms with Crippen molar-refractivity contribution < 1.29 is 32.2 Å². The van der Waals surface area contributed by atoms with Gasteiger partial charge in [-0.1, -0.05) is 23.7 Å². The van der Waals surface area contributed by atoms with E-state index in [0.717, 1.165) is 0 Å². The van der Waals surface area contributed by atoms with Crippen LogP contribution >= 0.6 is 11.6 Å². The fourth-order valence-corrected chi connectivity index (χ4v) is 2.91. The van der Waals surface area contributed by atoms with Crippen LogP contribution in [0.3, 0.4) is 0 Å². The van der Waals surface area contributed by atoms with Crippen molar-refractivity contribution in [3.63, 3.8) is 0 Å². The Balaban J connectivity index is 1.77. The van der Waals surface area contributed by atoms with E-state index in [1.807, 2.05) is 0 Å². The molecule has 1 N–H and O–H groups in total. The van der Waals surface area contributed by atoms with Gasteiger partial charge in [0.15, 0.2) is 12.7 Å². The molecule has 1 unspecified atom stereocenters. The molecule has 154 valence electrons. The van der Waals surface area contributed by atoms with Crippen LogP contribution in [0, 0.1) is 0 Å². The van der Waals surface area contributed by atoms with Crippen molar-refractivity contribution in [1.82, 2.24) is 0 Å². The molecule has 29 heavy (non-hydrogen) atoms. The van der Waals surface area contributed by atoms with E-state index in [1.165, 1.54) is 23.1 Å². The summed E-state index contributed by atoms with van der Waals surface area (Å²) in [7, 11) is 0. The molecule has 6 nitrogen and oxygen atoms in total. The number of anilines is 2. The van der Waals surface area contributed by atoms with Gasteiger partial charge in [-0.3, -0.25) is 14.5 Å². The Morgan fingerprint density at radius 1 is 1.28 bits per heavy atom. The second-order valence-corrected chi connectivity index (χ2v) is 6.68. The van der Waals surface area contributed by atoms with Crippen LogP contribution in [0.15, 0.2) is 42.5 Å². The number of amides is 2. The summed E-state index contributed by atoms with van der Waals surface area (Å²) >= 11 is 5.88. The van der Waals surface area contributed by atoms with Crippen LogP contribution in [0.1, 0.15) is 6.92 Å². The maximum absolute atomic E-state index is 12.5. The summed E-state index contributed by atoms with van der Waals surface area (Å²) in [6.07, 6.45) is -5.32. The molecule has 0 saturated heterocycles. The maximum atomic E-state index is 12.5. The van der Waals surface area contributed by atoms with E-state index in [1.54, 1.807) is 31.2 Å². The Hall–Kier alpha value is -2.94. The SMILES string of the molecule is CC1Oc2ccccc2N(CC(=O)Nc2cc(Cl)ccc2OCC(F)(F)F)C1=O. The summed E-state index contributed by atoms with van der Waals surface area (Å²) in [5.41, 5.74) is 0.388. The first-order valence-electron chi connectivity index (χ1n) is 8.50. The third-order valence-electron chi connectivity index (χ3n) is 3.98. The van der Waals surface area contributed by atoms with Crippen molar-refractivity contribution in [2.75, 3.05) is 23.4 Å². The average Bonchev–Trinajstić information content (AvgIpc) is 2.64. The van der Waals surface area contributed by atoms with Gasteiger partial charge in [0, 0.05) is 5.02 Å². The third-order valence-corrected chi connectivity index (χ3v) is 4.22. The molecule has 2 aromatic carbocycles. The predicted octanol–water partition coefficient (Wildman–Crippen LogP) is 4.03. The third kappa shape index (κ3) is 5.11. The highest BCUT2D eigenvalue weighted by atomic mass is 35.5. The van der Waals surface area contributed by atoms with Gasteiger partial charge >= 0.3 is 6.18 Å². The number of fused-ring (bicyclic) bond motifs is 1. The molecular formula is C19H16ClF3N2O4. The molecule has 0 saturated carbocycles. The van der Waals surface area contributed by atoms with Gasteiger partial charge in [0.2, 0.25) is 5.91 Å². The monoisotopic (exact) mass is 428 g/mol. The fourth-order valence-electron chi connectivity index (χ4n) is 2.74. The van der Waals surface area contributed by atoms with Crippen LogP contribution in [-0.2, 0) is 9.59 Å². The summed E-state index contributed by atoms with van der Waals surface area (Å²) in [5.74, 6) is -0.800. The molecule has 0 bridgehead atoms. The molecule has 1 aliphatic heterocycles. The minimum Gasteiger partial charge on any atom is -0.482 e. The Kier molecular flexibility index (Phi) is 5.88. The molecule has 0 radical (unpaired) electrons. The van der Waals surface area contributed by atoms with Crippen LogP contribution in [0.4, 0.5) is 24.5 Å². The Labute approximate surface area is 169 Å². The lowest BCUT2D eigenvalue weighted by atomic mass is 10.2. The Morgan fingerprint density at radius 3 is 2.72 bits per heavy atom. The number of rotatable bonds is 5. The molecule has 10 heteroatoms. The number of benzene rings is 2. The lowest BCUT2D eigenvalue weighted by Gasteiger charge is -2.32. The van der Waals surface area contributed by atoms with Gasteiger partial charge in [0.25, 0.3) is 5.91 Å². The van der Waals surface area contributed by atoms with Gasteiger partial charge in [-0.15, -0.1) is 0 Å². The summed E-state index contributed by atoms with van der Waals surface area (Å²) in [4.78, 5) is 26.3. The highest BCUT2D eigenvalue weighted by Crippen LogP contribution is 2.34. The van der Waals surface area contributed by atoms with Crippen molar-refractivity contribution >= 4 is 34.8 Å². The van der Waals surface area contributed by atoms with E-state index in [9.17, 15) is 22.8 Å². The van der Waals surface area contributed by atoms with Gasteiger partial charge in [0.05, 0.1) is 11.4 Å². The molecular weight excluding hydrogens is 413 g/mol. The van der Waals surface area contributed by atoms with Crippen molar-refractivity contribution in [3.05, 3.63) is 47.5 Å². The number of ether oxygens (including phenoxy) is 2. The van der Waals surface area contributed by atoms with Gasteiger partial charge in [-0.2, -0.15) is 13.2 Å². The molecule has 0 fully saturated rings. The van der Waals surface area contributed by atoms with Crippen molar-refractivity contribution in [2.24, 2.45) is 0 Å². The van der Waals surface area contributed by atoms with Crippen LogP contribution in [0.25, 0.3) is 0 Å². The Morgan fingerprint density at radius 2 is 2.00 bits per heavy atom. The first kappa shape index (κ1) is 20.8. The van der Waals surface area contributed by atoms with Crippen LogP contribution in [-0.4, -0.2) is 37.2 Å². The van der Waals surface area contributed by atoms with Gasteiger partial charge < -0.3 is 14.8 Å². The Bertz CT molecular complexity index is 936. The van der Waals surface area contributed by atoms with Gasteiger partial charge in [-0.05, 0) is 37.3 Å². The van der Waals surface area contributed by atoms with Gasteiger partial charge in [-0.25, -0.2) is 0 Å². The smallest absolute Gasteiger partial charge is 0.422 e. The molecule has 0 aromatic heterocycles. The summed E-state index contributed by atoms with van der Waals surface area (Å²) in [6, 6.07) is 10.6. The van der Waals surface area contributed by atoms with E-state index < -0.39 is 30.7 Å². The first-order chi connectivity index (χ1) is 13.6. The van der Waals surface area contributed by atoms with Gasteiger partial charge in [0.1, 0.15) is 18.0 Å². The number of hydrogen-bond acceptors (Lipinski definition) is 4. The fraction of sp³-hybridized carbons (Fsp3) is 0.263. The van der Waals surface area contributed by atoms with Crippen molar-refractivity contribution in [2.45, 2.75) is 19.2 Å². The van der Waals surface area contributed by atoms with Crippen LogP contribution < -0.4 is 19.7 Å². The number of nitrogens with zero attached hydrogens (tertiary/aromatic N) is 1. The van der Waals surface area contributed by atoms with E-state index >= 15 is 0 Å². The zero-order valence-corrected chi connectivity index (χ0v) is 15.9. The second-order valence-electron chi connectivity index (χ2n) is 6.24. The molecule has 2 aromatic rings. The average molecular weight is 429 g/mol. The molecule has 1 atom stereocenters. The maximum Gasteiger partial charge on any atom is 0.422 e. The lowest BCUT2D eigenvalue weighted by Crippen LogP contribution is -2.47.